The fraction of sp³-hybridized carbons (Fsp3) is 0.300. The molecule has 0 aromatic heterocycles. The minimum absolute atomic E-state index is 0.203. The first-order chi connectivity index (χ1) is 9.47. The maximum absolute atomic E-state index is 2.29. The summed E-state index contributed by atoms with van der Waals surface area (Å²) in [6, 6.07) is 19.4. The van der Waals surface area contributed by atoms with Gasteiger partial charge >= 0.3 is 0 Å². The van der Waals surface area contributed by atoms with E-state index in [1.54, 1.807) is 0 Å². The summed E-state index contributed by atoms with van der Waals surface area (Å²) in [7, 11) is 0. The van der Waals surface area contributed by atoms with Gasteiger partial charge in [-0.25, -0.2) is 0 Å². The van der Waals surface area contributed by atoms with E-state index in [4.69, 9.17) is 0 Å². The molecule has 0 bridgehead atoms. The van der Waals surface area contributed by atoms with Crippen LogP contribution in [0.5, 0.6) is 0 Å². The first-order valence-corrected chi connectivity index (χ1v) is 7.30. The van der Waals surface area contributed by atoms with E-state index in [9.17, 15) is 0 Å². The van der Waals surface area contributed by atoms with Crippen LogP contribution in [0.1, 0.15) is 50.3 Å². The van der Waals surface area contributed by atoms with Gasteiger partial charge in [-0.15, -0.1) is 0 Å². The van der Waals surface area contributed by atoms with Crippen LogP contribution < -0.4 is 0 Å². The summed E-state index contributed by atoms with van der Waals surface area (Å²) in [5, 5.41) is 0. The maximum Gasteiger partial charge on any atom is -0.000711 e. The number of hydrogen-bond donors (Lipinski definition) is 0. The summed E-state index contributed by atoms with van der Waals surface area (Å²) in [5.41, 5.74) is 4.22. The molecule has 0 amide bonds. The molecular formula is C20H24. The highest BCUT2D eigenvalue weighted by atomic mass is 14.2. The summed E-state index contributed by atoms with van der Waals surface area (Å²) in [5.74, 6) is 0.439. The third-order valence-electron chi connectivity index (χ3n) is 3.66. The van der Waals surface area contributed by atoms with Gasteiger partial charge < -0.3 is 0 Å². The number of rotatable bonds is 3. The summed E-state index contributed by atoms with van der Waals surface area (Å²) >= 11 is 0. The van der Waals surface area contributed by atoms with Gasteiger partial charge in [0.1, 0.15) is 0 Å². The second-order valence-electron chi connectivity index (χ2n) is 6.43. The van der Waals surface area contributed by atoms with Crippen LogP contribution in [0.4, 0.5) is 0 Å². The van der Waals surface area contributed by atoms with Gasteiger partial charge in [-0.05, 0) is 28.0 Å². The second-order valence-corrected chi connectivity index (χ2v) is 6.43. The van der Waals surface area contributed by atoms with E-state index < -0.39 is 0 Å². The molecule has 0 saturated heterocycles. The Kier molecular flexibility index (Phi) is 4.44. The summed E-state index contributed by atoms with van der Waals surface area (Å²) in [4.78, 5) is 0. The van der Waals surface area contributed by atoms with Gasteiger partial charge in [0.2, 0.25) is 0 Å². The van der Waals surface area contributed by atoms with Gasteiger partial charge in [-0.1, -0.05) is 94.4 Å². The lowest BCUT2D eigenvalue weighted by Crippen LogP contribution is -2.10. The van der Waals surface area contributed by atoms with Crippen molar-refractivity contribution in [3.05, 3.63) is 77.4 Å². The Morgan fingerprint density at radius 1 is 0.900 bits per heavy atom. The lowest BCUT2D eigenvalue weighted by Gasteiger charge is -2.19. The quantitative estimate of drug-likeness (QED) is 0.657. The van der Waals surface area contributed by atoms with Crippen LogP contribution in [0.2, 0.25) is 0 Å². The molecule has 20 heavy (non-hydrogen) atoms. The Morgan fingerprint density at radius 2 is 1.60 bits per heavy atom. The van der Waals surface area contributed by atoms with Gasteiger partial charge in [0.05, 0.1) is 0 Å². The molecule has 0 heterocycles. The average Bonchev–Trinajstić information content (AvgIpc) is 2.45. The summed E-state index contributed by atoms with van der Waals surface area (Å²) in [6.45, 7) is 8.99. The van der Waals surface area contributed by atoms with Crippen LogP contribution in [0.3, 0.4) is 0 Å². The molecule has 2 aromatic rings. The van der Waals surface area contributed by atoms with Crippen molar-refractivity contribution in [3.8, 4) is 0 Å². The smallest absolute Gasteiger partial charge is 0.000711 e. The molecule has 0 fully saturated rings. The van der Waals surface area contributed by atoms with E-state index in [-0.39, 0.29) is 5.41 Å². The Morgan fingerprint density at radius 3 is 2.25 bits per heavy atom. The zero-order valence-corrected chi connectivity index (χ0v) is 12.9. The van der Waals surface area contributed by atoms with Crippen LogP contribution in [0.25, 0.3) is 6.08 Å². The van der Waals surface area contributed by atoms with E-state index in [2.05, 4.69) is 94.4 Å². The first-order valence-electron chi connectivity index (χ1n) is 7.30. The highest BCUT2D eigenvalue weighted by Gasteiger charge is 2.12. The number of allylic oxidation sites excluding steroid dienone is 1. The minimum atomic E-state index is 0.203. The van der Waals surface area contributed by atoms with Crippen LogP contribution in [0.15, 0.2) is 60.7 Å². The third kappa shape index (κ3) is 3.84. The van der Waals surface area contributed by atoms with Gasteiger partial charge in [-0.3, -0.25) is 0 Å². The molecule has 1 unspecified atom stereocenters. The highest BCUT2D eigenvalue weighted by molar-refractivity contribution is 5.52. The Bertz CT molecular complexity index is 570. The fourth-order valence-electron chi connectivity index (χ4n) is 2.23. The van der Waals surface area contributed by atoms with E-state index >= 15 is 0 Å². The number of hydrogen-bond acceptors (Lipinski definition) is 0. The molecule has 0 heteroatoms. The van der Waals surface area contributed by atoms with Crippen LogP contribution in [-0.2, 0) is 5.41 Å². The molecule has 1 atom stereocenters. The normalized spacial score (nSPS) is 13.6. The summed E-state index contributed by atoms with van der Waals surface area (Å²) < 4.78 is 0. The van der Waals surface area contributed by atoms with Crippen molar-refractivity contribution < 1.29 is 0 Å². The molecule has 0 N–H and O–H groups in total. The molecule has 2 aromatic carbocycles. The van der Waals surface area contributed by atoms with Gasteiger partial charge in [0.15, 0.2) is 0 Å². The lowest BCUT2D eigenvalue weighted by atomic mass is 9.86. The van der Waals surface area contributed by atoms with Crippen molar-refractivity contribution in [2.45, 2.75) is 39.0 Å². The van der Waals surface area contributed by atoms with E-state index in [0.29, 0.717) is 5.92 Å². The molecule has 0 spiro atoms. The molecule has 0 saturated carbocycles. The van der Waals surface area contributed by atoms with Gasteiger partial charge in [0, 0.05) is 0 Å². The Balaban J connectivity index is 2.16. The predicted octanol–water partition coefficient (Wildman–Crippen LogP) is 5.80. The highest BCUT2D eigenvalue weighted by Crippen LogP contribution is 2.24. The average molecular weight is 264 g/mol. The number of benzene rings is 2. The van der Waals surface area contributed by atoms with Crippen molar-refractivity contribution in [1.82, 2.24) is 0 Å². The van der Waals surface area contributed by atoms with Crippen LogP contribution in [0, 0.1) is 0 Å². The molecule has 0 aliphatic rings. The van der Waals surface area contributed by atoms with E-state index in [1.165, 1.54) is 16.7 Å². The van der Waals surface area contributed by atoms with Crippen molar-refractivity contribution in [3.63, 3.8) is 0 Å². The Hall–Kier alpha value is -1.82. The van der Waals surface area contributed by atoms with Crippen molar-refractivity contribution in [2.75, 3.05) is 0 Å². The molecule has 0 aliphatic carbocycles. The predicted molar refractivity (Wildman–Crippen MR) is 89.0 cm³/mol. The van der Waals surface area contributed by atoms with Crippen LogP contribution >= 0.6 is 0 Å². The van der Waals surface area contributed by atoms with Crippen LogP contribution in [-0.4, -0.2) is 0 Å². The largest absolute Gasteiger partial charge is 0.0767 e. The zero-order valence-electron chi connectivity index (χ0n) is 12.9. The van der Waals surface area contributed by atoms with Gasteiger partial charge in [0.25, 0.3) is 0 Å². The van der Waals surface area contributed by atoms with Gasteiger partial charge in [-0.2, -0.15) is 0 Å². The fourth-order valence-corrected chi connectivity index (χ4v) is 2.23. The molecule has 0 nitrogen and oxygen atoms in total. The van der Waals surface area contributed by atoms with Crippen molar-refractivity contribution in [1.29, 1.82) is 0 Å². The molecule has 104 valence electrons. The Labute approximate surface area is 123 Å². The van der Waals surface area contributed by atoms with Crippen molar-refractivity contribution in [2.24, 2.45) is 0 Å². The topological polar surface area (TPSA) is 0 Å². The molecule has 0 aliphatic heterocycles. The first kappa shape index (κ1) is 14.6. The monoisotopic (exact) mass is 264 g/mol. The standard InChI is InChI=1S/C20H24/c1-16(18-10-6-5-7-11-18)13-14-17-9-8-12-19(15-17)20(2,3)4/h5-16H,1-4H3. The molecular weight excluding hydrogens is 240 g/mol. The summed E-state index contributed by atoms with van der Waals surface area (Å²) in [6.07, 6.45) is 4.50. The van der Waals surface area contributed by atoms with E-state index in [0.717, 1.165) is 0 Å². The van der Waals surface area contributed by atoms with Crippen molar-refractivity contribution >= 4 is 6.08 Å². The zero-order chi connectivity index (χ0) is 14.6. The lowest BCUT2D eigenvalue weighted by molar-refractivity contribution is 0.590. The maximum atomic E-state index is 2.29. The third-order valence-corrected chi connectivity index (χ3v) is 3.66. The second kappa shape index (κ2) is 6.09. The van der Waals surface area contributed by atoms with E-state index in [1.807, 2.05) is 0 Å². The molecule has 2 rings (SSSR count). The SMILES string of the molecule is CC(C=Cc1cccc(C(C)(C)C)c1)c1ccccc1. The minimum Gasteiger partial charge on any atom is -0.0767 e. The molecule has 0 radical (unpaired) electrons.